The number of fused-ring (bicyclic) bond motifs is 3. The van der Waals surface area contributed by atoms with Crippen LogP contribution < -0.4 is 4.90 Å². The average Bonchev–Trinajstić information content (AvgIpc) is 3.01. The molecule has 5 unspecified atom stereocenters. The molecule has 1 aromatic heterocycles. The zero-order valence-electron chi connectivity index (χ0n) is 16.7. The van der Waals surface area contributed by atoms with Crippen LogP contribution in [0, 0.1) is 30.6 Å². The van der Waals surface area contributed by atoms with Crippen LogP contribution in [0.25, 0.3) is 0 Å². The molecule has 2 saturated heterocycles. The lowest BCUT2D eigenvalue weighted by Gasteiger charge is -2.36. The molecule has 148 valence electrons. The Hall–Kier alpha value is -1.63. The fraction of sp³-hybridized carbons (Fsp3) is 0.850. The second-order valence-electron chi connectivity index (χ2n) is 8.98. The smallest absolute Gasteiger partial charge is 0.324 e. The lowest BCUT2D eigenvalue weighted by molar-refractivity contribution is -0.133. The predicted octanol–water partition coefficient (Wildman–Crippen LogP) is 1.78. The van der Waals surface area contributed by atoms with Gasteiger partial charge in [0.1, 0.15) is 0 Å². The minimum absolute atomic E-state index is 0.305. The molecule has 5 atom stereocenters. The molecule has 0 N–H and O–H groups in total. The maximum absolute atomic E-state index is 12.7. The Kier molecular flexibility index (Phi) is 4.18. The first-order valence-electron chi connectivity index (χ1n) is 10.7. The Morgan fingerprint density at radius 1 is 1.11 bits per heavy atom. The van der Waals surface area contributed by atoms with Crippen LogP contribution in [-0.4, -0.2) is 70.7 Å². The van der Waals surface area contributed by atoms with E-state index in [-0.39, 0.29) is 0 Å². The van der Waals surface area contributed by atoms with Gasteiger partial charge in [0.25, 0.3) is 0 Å². The second-order valence-corrected chi connectivity index (χ2v) is 8.98. The summed E-state index contributed by atoms with van der Waals surface area (Å²) < 4.78 is 5.43. The summed E-state index contributed by atoms with van der Waals surface area (Å²) in [4.78, 5) is 24.1. The van der Waals surface area contributed by atoms with E-state index in [1.807, 2.05) is 11.8 Å². The highest BCUT2D eigenvalue weighted by Gasteiger charge is 2.61. The molecule has 2 bridgehead atoms. The molecule has 2 aliphatic heterocycles. The summed E-state index contributed by atoms with van der Waals surface area (Å²) in [7, 11) is 0. The molecule has 2 aliphatic carbocycles. The van der Waals surface area contributed by atoms with Gasteiger partial charge in [0.2, 0.25) is 5.91 Å². The number of piperidine rings is 1. The molecule has 0 radical (unpaired) electrons. The molecule has 4 fully saturated rings. The number of hydrogen-bond acceptors (Lipinski definition) is 6. The number of amides is 1. The van der Waals surface area contributed by atoms with Crippen LogP contribution in [0.1, 0.15) is 38.9 Å². The number of hydrogen-bond donors (Lipinski definition) is 0. The fourth-order valence-electron chi connectivity index (χ4n) is 6.11. The van der Waals surface area contributed by atoms with Gasteiger partial charge in [-0.1, -0.05) is 5.16 Å². The van der Waals surface area contributed by atoms with Crippen molar-refractivity contribution in [1.82, 2.24) is 19.9 Å². The first kappa shape index (κ1) is 17.5. The number of rotatable bonds is 5. The molecule has 5 rings (SSSR count). The molecule has 7 heteroatoms. The molecule has 1 aromatic rings. The molecule has 4 aliphatic rings. The maximum atomic E-state index is 12.7. The first-order chi connectivity index (χ1) is 13.1. The Balaban J connectivity index is 1.19. The van der Waals surface area contributed by atoms with Crippen LogP contribution in [0.4, 0.5) is 6.01 Å². The third-order valence-electron chi connectivity index (χ3n) is 7.51. The molecule has 7 nitrogen and oxygen atoms in total. The standard InChI is InChI=1S/C20H31N5O2/c1-4-23(5-2)19(26)18-16-10-24(11-17(16)18)14-6-13-7-15(8-14)25(9-13)20-21-12(3)22-27-20/h13-18H,4-11H2,1-3H3. The molecular weight excluding hydrogens is 342 g/mol. The Morgan fingerprint density at radius 2 is 1.81 bits per heavy atom. The van der Waals surface area contributed by atoms with Gasteiger partial charge >= 0.3 is 6.01 Å². The van der Waals surface area contributed by atoms with Crippen LogP contribution in [0.5, 0.6) is 0 Å². The van der Waals surface area contributed by atoms with Crippen molar-refractivity contribution in [3.8, 4) is 0 Å². The van der Waals surface area contributed by atoms with Crippen LogP contribution in [0.15, 0.2) is 4.52 Å². The quantitative estimate of drug-likeness (QED) is 0.784. The number of anilines is 1. The van der Waals surface area contributed by atoms with Gasteiger partial charge in [0.05, 0.1) is 0 Å². The highest BCUT2D eigenvalue weighted by molar-refractivity contribution is 5.82. The van der Waals surface area contributed by atoms with E-state index in [9.17, 15) is 4.79 Å². The van der Waals surface area contributed by atoms with Crippen molar-refractivity contribution in [3.63, 3.8) is 0 Å². The zero-order valence-corrected chi connectivity index (χ0v) is 16.7. The Bertz CT molecular complexity index is 705. The van der Waals surface area contributed by atoms with Crippen molar-refractivity contribution < 1.29 is 9.32 Å². The highest BCUT2D eigenvalue weighted by atomic mass is 16.5. The van der Waals surface area contributed by atoms with Crippen molar-refractivity contribution >= 4 is 11.9 Å². The fourth-order valence-corrected chi connectivity index (χ4v) is 6.11. The van der Waals surface area contributed by atoms with Gasteiger partial charge in [-0.15, -0.1) is 0 Å². The zero-order chi connectivity index (χ0) is 18.7. The summed E-state index contributed by atoms with van der Waals surface area (Å²) in [5.41, 5.74) is 0. The second kappa shape index (κ2) is 6.47. The van der Waals surface area contributed by atoms with Crippen molar-refractivity contribution in [2.75, 3.05) is 37.6 Å². The summed E-state index contributed by atoms with van der Waals surface area (Å²) >= 11 is 0. The maximum Gasteiger partial charge on any atom is 0.324 e. The summed E-state index contributed by atoms with van der Waals surface area (Å²) in [6.45, 7) is 11.0. The van der Waals surface area contributed by atoms with Gasteiger partial charge in [-0.25, -0.2) is 0 Å². The number of aromatic nitrogens is 2. The average molecular weight is 374 g/mol. The monoisotopic (exact) mass is 373 g/mol. The van der Waals surface area contributed by atoms with E-state index >= 15 is 0 Å². The number of aryl methyl sites for hydroxylation is 1. The molecule has 0 spiro atoms. The van der Waals surface area contributed by atoms with Crippen molar-refractivity contribution in [2.24, 2.45) is 23.7 Å². The molecule has 2 saturated carbocycles. The van der Waals surface area contributed by atoms with E-state index in [4.69, 9.17) is 4.52 Å². The van der Waals surface area contributed by atoms with E-state index in [1.165, 1.54) is 19.3 Å². The molecule has 3 heterocycles. The molecular formula is C20H31N5O2. The van der Waals surface area contributed by atoms with Crippen LogP contribution in [-0.2, 0) is 4.79 Å². The number of carbonyl (C=O) groups is 1. The first-order valence-corrected chi connectivity index (χ1v) is 10.7. The largest absolute Gasteiger partial charge is 0.343 e. The minimum atomic E-state index is 0.305. The van der Waals surface area contributed by atoms with Crippen LogP contribution >= 0.6 is 0 Å². The topological polar surface area (TPSA) is 65.7 Å². The van der Waals surface area contributed by atoms with E-state index in [0.717, 1.165) is 38.6 Å². The summed E-state index contributed by atoms with van der Waals surface area (Å²) in [5.74, 6) is 3.35. The number of nitrogens with zero attached hydrogens (tertiary/aromatic N) is 5. The van der Waals surface area contributed by atoms with Gasteiger partial charge in [0, 0.05) is 50.7 Å². The third-order valence-corrected chi connectivity index (χ3v) is 7.51. The van der Waals surface area contributed by atoms with E-state index in [2.05, 4.69) is 33.8 Å². The number of carbonyl (C=O) groups excluding carboxylic acids is 1. The minimum Gasteiger partial charge on any atom is -0.343 e. The van der Waals surface area contributed by atoms with E-state index in [1.54, 1.807) is 0 Å². The lowest BCUT2D eigenvalue weighted by atomic mass is 9.85. The Labute approximate surface area is 161 Å². The predicted molar refractivity (Wildman–Crippen MR) is 101 cm³/mol. The number of likely N-dealkylation sites (tertiary alicyclic amines) is 1. The van der Waals surface area contributed by atoms with Crippen LogP contribution in [0.3, 0.4) is 0 Å². The van der Waals surface area contributed by atoms with Crippen molar-refractivity contribution in [3.05, 3.63) is 5.82 Å². The molecule has 27 heavy (non-hydrogen) atoms. The van der Waals surface area contributed by atoms with E-state index in [0.29, 0.717) is 47.6 Å². The normalized spacial score (nSPS) is 37.5. The van der Waals surface area contributed by atoms with Crippen molar-refractivity contribution in [1.29, 1.82) is 0 Å². The summed E-state index contributed by atoms with van der Waals surface area (Å²) in [6.07, 6.45) is 3.71. The van der Waals surface area contributed by atoms with Crippen LogP contribution in [0.2, 0.25) is 0 Å². The van der Waals surface area contributed by atoms with Gasteiger partial charge in [0.15, 0.2) is 5.82 Å². The highest BCUT2D eigenvalue weighted by Crippen LogP contribution is 2.54. The van der Waals surface area contributed by atoms with Gasteiger partial charge < -0.3 is 14.3 Å². The summed E-state index contributed by atoms with van der Waals surface area (Å²) in [6, 6.07) is 1.88. The van der Waals surface area contributed by atoms with E-state index < -0.39 is 0 Å². The van der Waals surface area contributed by atoms with Gasteiger partial charge in [-0.2, -0.15) is 4.98 Å². The van der Waals surface area contributed by atoms with Gasteiger partial charge in [-0.05, 0) is 57.8 Å². The third kappa shape index (κ3) is 2.85. The lowest BCUT2D eigenvalue weighted by Crippen LogP contribution is -2.43. The Morgan fingerprint density at radius 3 is 2.44 bits per heavy atom. The summed E-state index contributed by atoms with van der Waals surface area (Å²) in [5, 5.41) is 3.97. The SMILES string of the molecule is CCN(CC)C(=O)C1C2CN(C3CC4CC(C3)N(c3nc(C)no3)C4)CC21. The molecule has 0 aromatic carbocycles. The van der Waals surface area contributed by atoms with Gasteiger partial charge in [-0.3, -0.25) is 9.69 Å². The molecule has 1 amide bonds. The van der Waals surface area contributed by atoms with Crippen molar-refractivity contribution in [2.45, 2.75) is 52.1 Å².